The van der Waals surface area contributed by atoms with E-state index >= 15 is 0 Å². The van der Waals surface area contributed by atoms with Gasteiger partial charge in [-0.1, -0.05) is 47.5 Å². The number of allylic oxidation sites excluding steroid dienone is 1. The second-order valence-electron chi connectivity index (χ2n) is 6.04. The van der Waals surface area contributed by atoms with Gasteiger partial charge in [0.05, 0.1) is 0 Å². The van der Waals surface area contributed by atoms with Gasteiger partial charge >= 0.3 is 0 Å². The van der Waals surface area contributed by atoms with Crippen molar-refractivity contribution in [2.24, 2.45) is 5.92 Å². The average molecular weight is 362 g/mol. The molecule has 0 radical (unpaired) electrons. The van der Waals surface area contributed by atoms with E-state index < -0.39 is 0 Å². The van der Waals surface area contributed by atoms with Crippen LogP contribution in [0.15, 0.2) is 60.8 Å². The second-order valence-corrected chi connectivity index (χ2v) is 6.91. The molecular weight excluding hydrogens is 341 g/mol. The lowest BCUT2D eigenvalue weighted by Crippen LogP contribution is -2.19. The molecule has 0 saturated heterocycles. The van der Waals surface area contributed by atoms with E-state index in [0.29, 0.717) is 22.9 Å². The van der Waals surface area contributed by atoms with Crippen LogP contribution in [0.1, 0.15) is 11.1 Å². The molecule has 0 fully saturated rings. The highest BCUT2D eigenvalue weighted by Gasteiger charge is 2.17. The number of nitrogens with zero attached hydrogens (tertiary/aromatic N) is 1. The van der Waals surface area contributed by atoms with Gasteiger partial charge in [0.2, 0.25) is 0 Å². The van der Waals surface area contributed by atoms with Crippen molar-refractivity contribution in [2.75, 3.05) is 14.1 Å². The lowest BCUT2D eigenvalue weighted by atomic mass is 9.89. The Labute approximate surface area is 153 Å². The first-order valence-electron chi connectivity index (χ1n) is 7.81. The molecular formula is C20H21Cl2NO. The molecule has 0 N–H and O–H groups in total. The van der Waals surface area contributed by atoms with Gasteiger partial charge in [-0.15, -0.1) is 0 Å². The molecule has 0 amide bonds. The highest BCUT2D eigenvalue weighted by molar-refractivity contribution is 6.30. The second kappa shape index (κ2) is 8.91. The minimum Gasteiger partial charge on any atom is -0.383 e. The average Bonchev–Trinajstić information content (AvgIpc) is 2.56. The van der Waals surface area contributed by atoms with E-state index in [1.54, 1.807) is 12.3 Å². The maximum absolute atomic E-state index is 12.6. The third-order valence-electron chi connectivity index (χ3n) is 3.73. The molecule has 2 aromatic rings. The molecule has 24 heavy (non-hydrogen) atoms. The van der Waals surface area contributed by atoms with Crippen molar-refractivity contribution >= 4 is 29.0 Å². The summed E-state index contributed by atoms with van der Waals surface area (Å²) in [6, 6.07) is 15.3. The normalized spacial score (nSPS) is 11.2. The van der Waals surface area contributed by atoms with Crippen LogP contribution in [0.2, 0.25) is 10.0 Å². The van der Waals surface area contributed by atoms with Gasteiger partial charge in [-0.2, -0.15) is 0 Å². The summed E-state index contributed by atoms with van der Waals surface area (Å²) < 4.78 is 0. The van der Waals surface area contributed by atoms with Crippen LogP contribution in [0.3, 0.4) is 0 Å². The molecule has 0 aliphatic carbocycles. The van der Waals surface area contributed by atoms with Crippen LogP contribution in [-0.4, -0.2) is 24.8 Å². The van der Waals surface area contributed by atoms with Crippen LogP contribution in [0.25, 0.3) is 0 Å². The first-order valence-corrected chi connectivity index (χ1v) is 8.57. The predicted octanol–water partition coefficient (Wildman–Crippen LogP) is 5.04. The Bertz CT molecular complexity index is 643. The number of carbonyl (C=O) groups excluding carboxylic acids is 1. The first-order chi connectivity index (χ1) is 11.4. The van der Waals surface area contributed by atoms with Gasteiger partial charge in [-0.05, 0) is 54.3 Å². The molecule has 4 heteroatoms. The van der Waals surface area contributed by atoms with Gasteiger partial charge in [-0.3, -0.25) is 4.79 Å². The number of ketones is 1. The van der Waals surface area contributed by atoms with Crippen molar-refractivity contribution in [3.63, 3.8) is 0 Å². The minimum absolute atomic E-state index is 0.119. The third-order valence-corrected chi connectivity index (χ3v) is 4.23. The summed E-state index contributed by atoms with van der Waals surface area (Å²) in [5.74, 6) is -0.00264. The van der Waals surface area contributed by atoms with Crippen LogP contribution in [0.4, 0.5) is 0 Å². The highest BCUT2D eigenvalue weighted by Crippen LogP contribution is 2.20. The zero-order chi connectivity index (χ0) is 17.5. The molecule has 2 aromatic carbocycles. The third kappa shape index (κ3) is 6.03. The Kier molecular flexibility index (Phi) is 6.89. The van der Waals surface area contributed by atoms with E-state index in [9.17, 15) is 4.79 Å². The van der Waals surface area contributed by atoms with E-state index in [2.05, 4.69) is 0 Å². The number of carbonyl (C=O) groups is 1. The van der Waals surface area contributed by atoms with Crippen LogP contribution >= 0.6 is 23.2 Å². The fourth-order valence-electron chi connectivity index (χ4n) is 2.44. The zero-order valence-electron chi connectivity index (χ0n) is 13.9. The monoisotopic (exact) mass is 361 g/mol. The molecule has 0 atom stereocenters. The van der Waals surface area contributed by atoms with E-state index in [-0.39, 0.29) is 11.7 Å². The van der Waals surface area contributed by atoms with Gasteiger partial charge < -0.3 is 4.90 Å². The fraction of sp³-hybridized carbons (Fsp3) is 0.250. The van der Waals surface area contributed by atoms with Crippen molar-refractivity contribution in [3.05, 3.63) is 82.0 Å². The van der Waals surface area contributed by atoms with Crippen molar-refractivity contribution in [3.8, 4) is 0 Å². The number of hydrogen-bond donors (Lipinski definition) is 0. The van der Waals surface area contributed by atoms with Crippen LogP contribution < -0.4 is 0 Å². The number of hydrogen-bond acceptors (Lipinski definition) is 2. The smallest absolute Gasteiger partial charge is 0.160 e. The summed E-state index contributed by atoms with van der Waals surface area (Å²) in [5.41, 5.74) is 2.20. The van der Waals surface area contributed by atoms with Crippen LogP contribution in [0, 0.1) is 5.92 Å². The van der Waals surface area contributed by atoms with Gasteiger partial charge in [-0.25, -0.2) is 0 Å². The van der Waals surface area contributed by atoms with Crippen molar-refractivity contribution in [1.82, 2.24) is 4.90 Å². The first kappa shape index (κ1) is 18.6. The lowest BCUT2D eigenvalue weighted by molar-refractivity contribution is -0.118. The zero-order valence-corrected chi connectivity index (χ0v) is 15.4. The summed E-state index contributed by atoms with van der Waals surface area (Å²) in [6.45, 7) is 0. The molecule has 2 rings (SSSR count). The Morgan fingerprint density at radius 3 is 1.71 bits per heavy atom. The van der Waals surface area contributed by atoms with E-state index in [1.807, 2.05) is 67.5 Å². The molecule has 0 aromatic heterocycles. The van der Waals surface area contributed by atoms with Crippen molar-refractivity contribution in [1.29, 1.82) is 0 Å². The van der Waals surface area contributed by atoms with E-state index in [0.717, 1.165) is 11.1 Å². The highest BCUT2D eigenvalue weighted by atomic mass is 35.5. The number of benzene rings is 2. The summed E-state index contributed by atoms with van der Waals surface area (Å²) in [7, 11) is 3.80. The molecule has 2 nitrogen and oxygen atoms in total. The molecule has 126 valence electrons. The molecule has 0 heterocycles. The van der Waals surface area contributed by atoms with Gasteiger partial charge in [0, 0.05) is 36.3 Å². The standard InChI is InChI=1S/C20H21Cl2NO/c1-23(2)12-11-20(24)17(13-15-3-7-18(21)8-4-15)14-16-5-9-19(22)10-6-16/h3-12,17H,13-14H2,1-2H3. The van der Waals surface area contributed by atoms with Gasteiger partial charge in [0.1, 0.15) is 0 Å². The molecule has 0 aliphatic heterocycles. The van der Waals surface area contributed by atoms with Crippen LogP contribution in [0.5, 0.6) is 0 Å². The molecule has 0 saturated carbocycles. The van der Waals surface area contributed by atoms with Crippen LogP contribution in [-0.2, 0) is 17.6 Å². The molecule has 0 aliphatic rings. The maximum Gasteiger partial charge on any atom is 0.160 e. The Hall–Kier alpha value is -1.77. The van der Waals surface area contributed by atoms with Crippen molar-refractivity contribution < 1.29 is 4.79 Å². The summed E-state index contributed by atoms with van der Waals surface area (Å²) in [5, 5.41) is 1.40. The molecule has 0 spiro atoms. The van der Waals surface area contributed by atoms with Gasteiger partial charge in [0.25, 0.3) is 0 Å². The predicted molar refractivity (Wildman–Crippen MR) is 102 cm³/mol. The Balaban J connectivity index is 2.17. The largest absolute Gasteiger partial charge is 0.383 e. The fourth-order valence-corrected chi connectivity index (χ4v) is 2.69. The number of halogens is 2. The summed E-state index contributed by atoms with van der Waals surface area (Å²) >= 11 is 11.9. The SMILES string of the molecule is CN(C)C=CC(=O)C(Cc1ccc(Cl)cc1)Cc1ccc(Cl)cc1. The summed E-state index contributed by atoms with van der Waals surface area (Å²) in [4.78, 5) is 14.5. The topological polar surface area (TPSA) is 20.3 Å². The van der Waals surface area contributed by atoms with E-state index in [4.69, 9.17) is 23.2 Å². The Morgan fingerprint density at radius 2 is 1.33 bits per heavy atom. The minimum atomic E-state index is -0.122. The summed E-state index contributed by atoms with van der Waals surface area (Å²) in [6.07, 6.45) is 4.79. The molecule has 0 unspecified atom stereocenters. The lowest BCUT2D eigenvalue weighted by Gasteiger charge is -2.15. The molecule has 0 bridgehead atoms. The van der Waals surface area contributed by atoms with Crippen molar-refractivity contribution in [2.45, 2.75) is 12.8 Å². The van der Waals surface area contributed by atoms with E-state index in [1.165, 1.54) is 0 Å². The maximum atomic E-state index is 12.6. The quantitative estimate of drug-likeness (QED) is 0.643. The number of rotatable bonds is 7. The Morgan fingerprint density at radius 1 is 0.917 bits per heavy atom. The van der Waals surface area contributed by atoms with Gasteiger partial charge in [0.15, 0.2) is 5.78 Å².